The fourth-order valence-electron chi connectivity index (χ4n) is 7.74. The monoisotopic (exact) mass is 924 g/mol. The number of esters is 1. The fraction of sp³-hybridized carbons (Fsp3) is 0.852. The molecule has 0 bridgehead atoms. The highest BCUT2D eigenvalue weighted by molar-refractivity contribution is 7.47. The van der Waals surface area contributed by atoms with Crippen molar-refractivity contribution in [3.8, 4) is 0 Å². The quantitative estimate of drug-likeness (QED) is 0.0238. The molecule has 0 spiro atoms. The van der Waals surface area contributed by atoms with Crippen LogP contribution in [0.4, 0.5) is 0 Å². The first-order chi connectivity index (χ1) is 31.3. The predicted molar refractivity (Wildman–Crippen MR) is 271 cm³/mol. The SMILES string of the molecule is CCCCC/C=C\C/C=C\C/C=C\CCCCCCCCC(=O)NCCOP(=O)(O)OCC(O)COC(=O)CCCCCCCCCCCCCCCCCCCCCCCCCC. The Morgan fingerprint density at radius 2 is 0.844 bits per heavy atom. The number of ether oxygens (including phenoxy) is 1. The molecule has 0 aliphatic heterocycles. The number of rotatable bonds is 51. The van der Waals surface area contributed by atoms with Crippen molar-refractivity contribution >= 4 is 19.7 Å². The molecule has 3 N–H and O–H groups in total. The molecule has 0 heterocycles. The lowest BCUT2D eigenvalue weighted by Crippen LogP contribution is -2.27. The summed E-state index contributed by atoms with van der Waals surface area (Å²) in [6.07, 6.45) is 59.5. The number of phosphoric ester groups is 1. The Bertz CT molecular complexity index is 1140. The Morgan fingerprint density at radius 3 is 1.30 bits per heavy atom. The van der Waals surface area contributed by atoms with E-state index in [1.807, 2.05) is 0 Å². The summed E-state index contributed by atoms with van der Waals surface area (Å²) in [7, 11) is -4.43. The van der Waals surface area contributed by atoms with E-state index >= 15 is 0 Å². The molecule has 64 heavy (non-hydrogen) atoms. The summed E-state index contributed by atoms with van der Waals surface area (Å²) < 4.78 is 27.0. The molecular formula is C54H102NO8P. The van der Waals surface area contributed by atoms with Gasteiger partial charge in [-0.1, -0.05) is 237 Å². The number of hydrogen-bond acceptors (Lipinski definition) is 7. The lowest BCUT2D eigenvalue weighted by molar-refractivity contribution is -0.147. The molecule has 2 atom stereocenters. The van der Waals surface area contributed by atoms with Crippen molar-refractivity contribution < 1.29 is 37.9 Å². The Balaban J connectivity index is 3.53. The van der Waals surface area contributed by atoms with Crippen molar-refractivity contribution in [1.82, 2.24) is 5.32 Å². The Labute approximate surface area is 394 Å². The molecule has 0 aliphatic rings. The van der Waals surface area contributed by atoms with Gasteiger partial charge in [-0.15, -0.1) is 0 Å². The standard InChI is InChI=1S/C54H102NO8P/c1-3-5-7-9-11-13-15-17-19-21-23-24-25-26-27-29-31-33-35-37-39-41-43-45-47-54(58)61-50-52(56)51-63-64(59,60)62-49-48-55-53(57)46-44-42-40-38-36-34-32-30-28-22-20-18-16-14-12-10-8-6-4-2/h12,14,18,20,28,30,52,56H,3-11,13,15-17,19,21-27,29,31-51H2,1-2H3,(H,55,57)(H,59,60)/b14-12-,20-18-,30-28-. The fourth-order valence-corrected chi connectivity index (χ4v) is 8.50. The van der Waals surface area contributed by atoms with E-state index < -0.39 is 26.5 Å². The summed E-state index contributed by atoms with van der Waals surface area (Å²) in [4.78, 5) is 34.1. The van der Waals surface area contributed by atoms with Crippen molar-refractivity contribution in [2.45, 2.75) is 270 Å². The van der Waals surface area contributed by atoms with Crippen LogP contribution in [0.1, 0.15) is 264 Å². The first-order valence-corrected chi connectivity index (χ1v) is 28.5. The normalized spacial score (nSPS) is 13.4. The van der Waals surface area contributed by atoms with Crippen LogP contribution in [0.25, 0.3) is 0 Å². The first-order valence-electron chi connectivity index (χ1n) is 27.0. The summed E-state index contributed by atoms with van der Waals surface area (Å²) >= 11 is 0. The summed E-state index contributed by atoms with van der Waals surface area (Å²) in [6, 6.07) is 0. The third kappa shape index (κ3) is 51.2. The molecule has 0 radical (unpaired) electrons. The molecule has 0 aromatic carbocycles. The molecule has 0 saturated heterocycles. The van der Waals surface area contributed by atoms with E-state index in [4.69, 9.17) is 13.8 Å². The second-order valence-corrected chi connectivity index (χ2v) is 19.7. The molecule has 9 nitrogen and oxygen atoms in total. The maximum Gasteiger partial charge on any atom is 0.472 e. The predicted octanol–water partition coefficient (Wildman–Crippen LogP) is 16.1. The van der Waals surface area contributed by atoms with Crippen LogP contribution < -0.4 is 5.32 Å². The molecular weight excluding hydrogens is 822 g/mol. The smallest absolute Gasteiger partial charge is 0.463 e. The molecule has 0 rings (SSSR count). The average molecular weight is 924 g/mol. The first kappa shape index (κ1) is 62.2. The van der Waals surface area contributed by atoms with Crippen molar-refractivity contribution in [2.75, 3.05) is 26.4 Å². The Morgan fingerprint density at radius 1 is 0.484 bits per heavy atom. The molecule has 0 aromatic rings. The van der Waals surface area contributed by atoms with Crippen LogP contribution >= 0.6 is 7.82 Å². The highest BCUT2D eigenvalue weighted by Gasteiger charge is 2.23. The van der Waals surface area contributed by atoms with Gasteiger partial charge in [0.15, 0.2) is 0 Å². The summed E-state index contributed by atoms with van der Waals surface area (Å²) in [5.41, 5.74) is 0. The van der Waals surface area contributed by atoms with Gasteiger partial charge in [0.05, 0.1) is 13.2 Å². The van der Waals surface area contributed by atoms with Crippen LogP contribution in [0.2, 0.25) is 0 Å². The van der Waals surface area contributed by atoms with Crippen molar-refractivity contribution in [1.29, 1.82) is 0 Å². The third-order valence-corrected chi connectivity index (χ3v) is 12.8. The number of phosphoric acid groups is 1. The summed E-state index contributed by atoms with van der Waals surface area (Å²) in [5.74, 6) is -0.519. The van der Waals surface area contributed by atoms with Gasteiger partial charge >= 0.3 is 13.8 Å². The number of amides is 1. The lowest BCUT2D eigenvalue weighted by Gasteiger charge is -2.15. The molecule has 0 aromatic heterocycles. The molecule has 2 unspecified atom stereocenters. The average Bonchev–Trinajstić information content (AvgIpc) is 3.28. The molecule has 0 saturated carbocycles. The van der Waals surface area contributed by atoms with Gasteiger partial charge in [-0.3, -0.25) is 18.6 Å². The minimum atomic E-state index is -4.43. The molecule has 1 amide bonds. The van der Waals surface area contributed by atoms with Crippen LogP contribution in [-0.2, 0) is 27.9 Å². The molecule has 0 fully saturated rings. The van der Waals surface area contributed by atoms with E-state index in [1.54, 1.807) is 0 Å². The second-order valence-electron chi connectivity index (χ2n) is 18.2. The largest absolute Gasteiger partial charge is 0.472 e. The zero-order valence-electron chi connectivity index (χ0n) is 41.7. The van der Waals surface area contributed by atoms with Crippen molar-refractivity contribution in [2.24, 2.45) is 0 Å². The minimum Gasteiger partial charge on any atom is -0.463 e. The number of carbonyl (C=O) groups excluding carboxylic acids is 2. The maximum absolute atomic E-state index is 12.2. The second kappa shape index (κ2) is 50.6. The Kier molecular flexibility index (Phi) is 49.2. The van der Waals surface area contributed by atoms with Gasteiger partial charge in [0, 0.05) is 19.4 Å². The summed E-state index contributed by atoms with van der Waals surface area (Å²) in [6.45, 7) is 3.56. The molecule has 0 aliphatic carbocycles. The van der Waals surface area contributed by atoms with Crippen LogP contribution in [0.3, 0.4) is 0 Å². The number of carbonyl (C=O) groups is 2. The Hall–Kier alpha value is -1.77. The van der Waals surface area contributed by atoms with E-state index in [-0.39, 0.29) is 32.1 Å². The van der Waals surface area contributed by atoms with E-state index in [1.165, 1.54) is 173 Å². The van der Waals surface area contributed by atoms with E-state index in [2.05, 4.69) is 55.6 Å². The number of hydrogen-bond donors (Lipinski definition) is 3. The number of aliphatic hydroxyl groups is 1. The van der Waals surface area contributed by atoms with Crippen LogP contribution in [0, 0.1) is 0 Å². The topological polar surface area (TPSA) is 131 Å². The minimum absolute atomic E-state index is 0.0754. The maximum atomic E-state index is 12.2. The number of allylic oxidation sites excluding steroid dienone is 6. The highest BCUT2D eigenvalue weighted by Crippen LogP contribution is 2.42. The van der Waals surface area contributed by atoms with Gasteiger partial charge in [0.1, 0.15) is 12.7 Å². The van der Waals surface area contributed by atoms with Gasteiger partial charge < -0.3 is 20.1 Å². The van der Waals surface area contributed by atoms with Crippen LogP contribution in [0.15, 0.2) is 36.5 Å². The zero-order valence-corrected chi connectivity index (χ0v) is 42.6. The van der Waals surface area contributed by atoms with Crippen molar-refractivity contribution in [3.63, 3.8) is 0 Å². The molecule has 376 valence electrons. The van der Waals surface area contributed by atoms with Gasteiger partial charge in [-0.25, -0.2) is 4.57 Å². The van der Waals surface area contributed by atoms with Crippen molar-refractivity contribution in [3.05, 3.63) is 36.5 Å². The zero-order chi connectivity index (χ0) is 46.7. The van der Waals surface area contributed by atoms with Crippen LogP contribution in [0.5, 0.6) is 0 Å². The number of nitrogens with one attached hydrogen (secondary N) is 1. The highest BCUT2D eigenvalue weighted by atomic mass is 31.2. The van der Waals surface area contributed by atoms with E-state index in [0.29, 0.717) is 6.42 Å². The van der Waals surface area contributed by atoms with Gasteiger partial charge in [0.2, 0.25) is 5.91 Å². The molecule has 10 heteroatoms. The lowest BCUT2D eigenvalue weighted by atomic mass is 10.0. The van der Waals surface area contributed by atoms with Gasteiger partial charge in [-0.2, -0.15) is 0 Å². The number of unbranched alkanes of at least 4 members (excludes halogenated alkanes) is 32. The third-order valence-electron chi connectivity index (χ3n) is 11.8. The van der Waals surface area contributed by atoms with E-state index in [0.717, 1.165) is 64.2 Å². The van der Waals surface area contributed by atoms with Crippen LogP contribution in [-0.4, -0.2) is 54.3 Å². The van der Waals surface area contributed by atoms with Gasteiger partial charge in [0.25, 0.3) is 0 Å². The van der Waals surface area contributed by atoms with Gasteiger partial charge in [-0.05, 0) is 51.4 Å². The van der Waals surface area contributed by atoms with E-state index in [9.17, 15) is 24.2 Å². The number of aliphatic hydroxyl groups excluding tert-OH is 1. The summed E-state index contributed by atoms with van der Waals surface area (Å²) in [5, 5.41) is 12.8.